The van der Waals surface area contributed by atoms with Gasteiger partial charge in [0.15, 0.2) is 0 Å². The molecule has 0 aliphatic rings. The number of aryl methyl sites for hydroxylation is 1. The van der Waals surface area contributed by atoms with E-state index in [4.69, 9.17) is 5.73 Å². The van der Waals surface area contributed by atoms with Crippen LogP contribution in [0.25, 0.3) is 10.9 Å². The first-order chi connectivity index (χ1) is 6.20. The Morgan fingerprint density at radius 3 is 2.77 bits per heavy atom. The van der Waals surface area contributed by atoms with E-state index in [-0.39, 0.29) is 6.04 Å². The molecule has 13 heavy (non-hydrogen) atoms. The molecule has 0 saturated carbocycles. The van der Waals surface area contributed by atoms with Crippen LogP contribution in [-0.4, -0.2) is 4.57 Å². The van der Waals surface area contributed by atoms with E-state index in [2.05, 4.69) is 35.0 Å². The summed E-state index contributed by atoms with van der Waals surface area (Å²) in [6.45, 7) is 2.02. The molecule has 1 atom stereocenters. The highest BCUT2D eigenvalue weighted by molar-refractivity contribution is 5.84. The average Bonchev–Trinajstić information content (AvgIpc) is 2.48. The number of hydrogen-bond acceptors (Lipinski definition) is 1. The first kappa shape index (κ1) is 8.32. The van der Waals surface area contributed by atoms with E-state index in [1.54, 1.807) is 0 Å². The molecule has 0 unspecified atom stereocenters. The third kappa shape index (κ3) is 1.23. The molecule has 2 nitrogen and oxygen atoms in total. The lowest BCUT2D eigenvalue weighted by atomic mass is 10.0. The minimum atomic E-state index is 0.103. The van der Waals surface area contributed by atoms with Crippen molar-refractivity contribution in [3.63, 3.8) is 0 Å². The Balaban J connectivity index is 2.77. The Labute approximate surface area is 78.0 Å². The molecule has 2 aromatic rings. The summed E-state index contributed by atoms with van der Waals surface area (Å²) in [6.07, 6.45) is 2.07. The van der Waals surface area contributed by atoms with E-state index in [0.717, 1.165) is 0 Å². The zero-order valence-electron chi connectivity index (χ0n) is 7.99. The lowest BCUT2D eigenvalue weighted by Gasteiger charge is -2.07. The predicted molar refractivity (Wildman–Crippen MR) is 55.5 cm³/mol. The van der Waals surface area contributed by atoms with E-state index in [1.807, 2.05) is 14.0 Å². The van der Waals surface area contributed by atoms with Gasteiger partial charge in [0.1, 0.15) is 0 Å². The van der Waals surface area contributed by atoms with Crippen molar-refractivity contribution in [3.05, 3.63) is 36.0 Å². The Bertz CT molecular complexity index is 427. The van der Waals surface area contributed by atoms with Gasteiger partial charge in [0.2, 0.25) is 0 Å². The van der Waals surface area contributed by atoms with Crippen LogP contribution in [-0.2, 0) is 7.05 Å². The number of rotatable bonds is 1. The molecule has 2 N–H and O–H groups in total. The van der Waals surface area contributed by atoms with Gasteiger partial charge in [-0.25, -0.2) is 0 Å². The van der Waals surface area contributed by atoms with Crippen LogP contribution in [0.5, 0.6) is 0 Å². The molecular weight excluding hydrogens is 160 g/mol. The Kier molecular flexibility index (Phi) is 1.85. The second-order valence-electron chi connectivity index (χ2n) is 3.50. The lowest BCUT2D eigenvalue weighted by molar-refractivity contribution is 0.826. The van der Waals surface area contributed by atoms with Crippen molar-refractivity contribution in [2.45, 2.75) is 13.0 Å². The average molecular weight is 174 g/mol. The zero-order valence-corrected chi connectivity index (χ0v) is 7.99. The van der Waals surface area contributed by atoms with Crippen molar-refractivity contribution in [1.29, 1.82) is 0 Å². The van der Waals surface area contributed by atoms with Crippen LogP contribution in [0.1, 0.15) is 18.5 Å². The maximum atomic E-state index is 5.88. The summed E-state index contributed by atoms with van der Waals surface area (Å²) in [5.74, 6) is 0. The van der Waals surface area contributed by atoms with E-state index >= 15 is 0 Å². The van der Waals surface area contributed by atoms with E-state index in [1.165, 1.54) is 16.5 Å². The van der Waals surface area contributed by atoms with Gasteiger partial charge in [0.25, 0.3) is 0 Å². The van der Waals surface area contributed by atoms with Gasteiger partial charge in [0.05, 0.1) is 0 Å². The van der Waals surface area contributed by atoms with Crippen molar-refractivity contribution in [3.8, 4) is 0 Å². The van der Waals surface area contributed by atoms with Crippen LogP contribution in [0, 0.1) is 0 Å². The fourth-order valence-corrected chi connectivity index (χ4v) is 1.72. The highest BCUT2D eigenvalue weighted by atomic mass is 14.9. The first-order valence-electron chi connectivity index (χ1n) is 4.49. The van der Waals surface area contributed by atoms with Crippen LogP contribution in [0.4, 0.5) is 0 Å². The highest BCUT2D eigenvalue weighted by Crippen LogP contribution is 2.23. The summed E-state index contributed by atoms with van der Waals surface area (Å²) in [5, 5.41) is 1.26. The number of hydrogen-bond donors (Lipinski definition) is 1. The monoisotopic (exact) mass is 174 g/mol. The van der Waals surface area contributed by atoms with E-state index in [9.17, 15) is 0 Å². The summed E-state index contributed by atoms with van der Waals surface area (Å²) in [5.41, 5.74) is 8.35. The van der Waals surface area contributed by atoms with Crippen LogP contribution in [0.15, 0.2) is 30.5 Å². The van der Waals surface area contributed by atoms with Crippen molar-refractivity contribution >= 4 is 10.9 Å². The third-order valence-corrected chi connectivity index (χ3v) is 2.45. The van der Waals surface area contributed by atoms with Gasteiger partial charge in [-0.2, -0.15) is 0 Å². The quantitative estimate of drug-likeness (QED) is 0.706. The zero-order chi connectivity index (χ0) is 9.42. The van der Waals surface area contributed by atoms with Gasteiger partial charge in [-0.05, 0) is 24.6 Å². The summed E-state index contributed by atoms with van der Waals surface area (Å²) >= 11 is 0. The minimum Gasteiger partial charge on any atom is -0.351 e. The molecule has 0 aliphatic heterocycles. The number of nitrogens with zero attached hydrogens (tertiary/aromatic N) is 1. The number of benzene rings is 1. The van der Waals surface area contributed by atoms with Crippen LogP contribution in [0.3, 0.4) is 0 Å². The fourth-order valence-electron chi connectivity index (χ4n) is 1.72. The molecule has 1 heterocycles. The molecule has 0 bridgehead atoms. The SMILES string of the molecule is C[C@@H](N)c1cccc2c1ccn2C. The van der Waals surface area contributed by atoms with Gasteiger partial charge in [0, 0.05) is 30.2 Å². The number of fused-ring (bicyclic) bond motifs is 1. The van der Waals surface area contributed by atoms with Crippen molar-refractivity contribution in [1.82, 2.24) is 4.57 Å². The maximum Gasteiger partial charge on any atom is 0.0481 e. The molecule has 68 valence electrons. The molecule has 1 aromatic heterocycles. The molecule has 0 aliphatic carbocycles. The molecular formula is C11H14N2. The molecule has 0 fully saturated rings. The number of nitrogens with two attached hydrogens (primary N) is 1. The smallest absolute Gasteiger partial charge is 0.0481 e. The molecule has 0 spiro atoms. The number of aromatic nitrogens is 1. The molecule has 2 heteroatoms. The van der Waals surface area contributed by atoms with Gasteiger partial charge in [-0.15, -0.1) is 0 Å². The van der Waals surface area contributed by atoms with Crippen LogP contribution >= 0.6 is 0 Å². The first-order valence-corrected chi connectivity index (χ1v) is 4.49. The van der Waals surface area contributed by atoms with Gasteiger partial charge in [-0.3, -0.25) is 0 Å². The minimum absolute atomic E-state index is 0.103. The summed E-state index contributed by atoms with van der Waals surface area (Å²) in [4.78, 5) is 0. The lowest BCUT2D eigenvalue weighted by Crippen LogP contribution is -2.04. The normalized spacial score (nSPS) is 13.5. The summed E-state index contributed by atoms with van der Waals surface area (Å²) in [6, 6.07) is 8.48. The van der Waals surface area contributed by atoms with Crippen molar-refractivity contribution < 1.29 is 0 Å². The Hall–Kier alpha value is -1.28. The Morgan fingerprint density at radius 1 is 1.31 bits per heavy atom. The third-order valence-electron chi connectivity index (χ3n) is 2.45. The Morgan fingerprint density at radius 2 is 2.08 bits per heavy atom. The van der Waals surface area contributed by atoms with Gasteiger partial charge < -0.3 is 10.3 Å². The van der Waals surface area contributed by atoms with Gasteiger partial charge >= 0.3 is 0 Å². The van der Waals surface area contributed by atoms with Gasteiger partial charge in [-0.1, -0.05) is 12.1 Å². The largest absolute Gasteiger partial charge is 0.351 e. The van der Waals surface area contributed by atoms with Crippen molar-refractivity contribution in [2.24, 2.45) is 12.8 Å². The topological polar surface area (TPSA) is 30.9 Å². The summed E-state index contributed by atoms with van der Waals surface area (Å²) < 4.78 is 2.11. The fraction of sp³-hybridized carbons (Fsp3) is 0.273. The molecule has 0 saturated heterocycles. The second kappa shape index (κ2) is 2.89. The molecule has 0 radical (unpaired) electrons. The van der Waals surface area contributed by atoms with Crippen LogP contribution < -0.4 is 5.73 Å². The second-order valence-corrected chi connectivity index (χ2v) is 3.50. The standard InChI is InChI=1S/C11H14N2/c1-8(12)9-4-3-5-11-10(9)6-7-13(11)2/h3-8H,12H2,1-2H3/t8-/m1/s1. The summed E-state index contributed by atoms with van der Waals surface area (Å²) in [7, 11) is 2.05. The highest BCUT2D eigenvalue weighted by Gasteiger charge is 2.05. The maximum absolute atomic E-state index is 5.88. The van der Waals surface area contributed by atoms with E-state index < -0.39 is 0 Å². The molecule has 1 aromatic carbocycles. The molecule has 0 amide bonds. The van der Waals surface area contributed by atoms with Crippen LogP contribution in [0.2, 0.25) is 0 Å². The van der Waals surface area contributed by atoms with Crippen molar-refractivity contribution in [2.75, 3.05) is 0 Å². The molecule has 2 rings (SSSR count). The predicted octanol–water partition coefficient (Wildman–Crippen LogP) is 2.20. The van der Waals surface area contributed by atoms with E-state index in [0.29, 0.717) is 0 Å².